The number of para-hydroxylation sites is 1. The highest BCUT2D eigenvalue weighted by Gasteiger charge is 2.26. The van der Waals surface area contributed by atoms with Crippen LogP contribution in [0.3, 0.4) is 0 Å². The summed E-state index contributed by atoms with van der Waals surface area (Å²) in [6.45, 7) is 8.13. The van der Waals surface area contributed by atoms with Crippen LogP contribution in [-0.4, -0.2) is 51.3 Å². The Kier molecular flexibility index (Phi) is 5.09. The molecular weight excluding hydrogens is 360 g/mol. The molecule has 0 N–H and O–H groups in total. The molecule has 2 aromatic carbocycles. The molecule has 27 heavy (non-hydrogen) atoms. The van der Waals surface area contributed by atoms with Crippen molar-refractivity contribution in [1.29, 1.82) is 0 Å². The van der Waals surface area contributed by atoms with E-state index in [1.807, 2.05) is 41.1 Å². The Hall–Kier alpha value is -2.44. The number of nitrogens with zero attached hydrogens (tertiary/aromatic N) is 6. The van der Waals surface area contributed by atoms with Gasteiger partial charge in [0.1, 0.15) is 0 Å². The van der Waals surface area contributed by atoms with Crippen molar-refractivity contribution in [1.82, 2.24) is 25.1 Å². The maximum Gasteiger partial charge on any atom is 0.173 e. The Morgan fingerprint density at radius 1 is 1.00 bits per heavy atom. The Bertz CT molecular complexity index is 902. The van der Waals surface area contributed by atoms with Crippen LogP contribution in [0.15, 0.2) is 48.5 Å². The fourth-order valence-electron chi connectivity index (χ4n) is 3.64. The zero-order valence-corrected chi connectivity index (χ0v) is 16.3. The molecule has 1 fully saturated rings. The first-order valence-corrected chi connectivity index (χ1v) is 9.60. The van der Waals surface area contributed by atoms with Gasteiger partial charge in [0.2, 0.25) is 0 Å². The van der Waals surface area contributed by atoms with E-state index in [0.29, 0.717) is 0 Å². The summed E-state index contributed by atoms with van der Waals surface area (Å²) in [6, 6.07) is 16.3. The fraction of sp³-hybridized carbons (Fsp3) is 0.350. The summed E-state index contributed by atoms with van der Waals surface area (Å²) in [5.74, 6) is 0.869. The molecule has 0 radical (unpaired) electrons. The normalized spacial score (nSPS) is 16.5. The summed E-state index contributed by atoms with van der Waals surface area (Å²) in [7, 11) is 0. The van der Waals surface area contributed by atoms with Gasteiger partial charge in [0.15, 0.2) is 5.82 Å². The van der Waals surface area contributed by atoms with Crippen LogP contribution < -0.4 is 4.90 Å². The molecular formula is C20H23ClN6. The van der Waals surface area contributed by atoms with Crippen molar-refractivity contribution in [2.45, 2.75) is 19.9 Å². The highest BCUT2D eigenvalue weighted by atomic mass is 35.5. The lowest BCUT2D eigenvalue weighted by atomic mass is 10.1. The number of rotatable bonds is 4. The van der Waals surface area contributed by atoms with E-state index in [1.54, 1.807) is 0 Å². The quantitative estimate of drug-likeness (QED) is 0.691. The highest BCUT2D eigenvalue weighted by molar-refractivity contribution is 6.30. The van der Waals surface area contributed by atoms with Crippen LogP contribution in [0.1, 0.15) is 24.4 Å². The lowest BCUT2D eigenvalue weighted by Crippen LogP contribution is -2.47. The molecule has 0 amide bonds. The SMILES string of the molecule is Cc1ccc(Cl)cc1N1CCN([C@H](C)c2nnnn2-c2ccccc2)CC1. The largest absolute Gasteiger partial charge is 0.369 e. The van der Waals surface area contributed by atoms with Gasteiger partial charge in [-0.1, -0.05) is 35.9 Å². The van der Waals surface area contributed by atoms with Crippen molar-refractivity contribution < 1.29 is 0 Å². The average Bonchev–Trinajstić information content (AvgIpc) is 3.20. The molecule has 7 heteroatoms. The minimum atomic E-state index is 0.141. The van der Waals surface area contributed by atoms with Gasteiger partial charge in [-0.05, 0) is 54.1 Å². The molecule has 0 bridgehead atoms. The number of anilines is 1. The van der Waals surface area contributed by atoms with E-state index >= 15 is 0 Å². The number of tetrazole rings is 1. The predicted molar refractivity (Wildman–Crippen MR) is 108 cm³/mol. The first kappa shape index (κ1) is 17.9. The summed E-state index contributed by atoms with van der Waals surface area (Å²) in [5, 5.41) is 13.2. The van der Waals surface area contributed by atoms with Crippen molar-refractivity contribution in [2.75, 3.05) is 31.1 Å². The second kappa shape index (κ2) is 7.66. The van der Waals surface area contributed by atoms with E-state index in [-0.39, 0.29) is 6.04 Å². The Morgan fingerprint density at radius 2 is 1.74 bits per heavy atom. The minimum Gasteiger partial charge on any atom is -0.369 e. The lowest BCUT2D eigenvalue weighted by Gasteiger charge is -2.39. The number of piperazine rings is 1. The van der Waals surface area contributed by atoms with Gasteiger partial charge in [0.25, 0.3) is 0 Å². The van der Waals surface area contributed by atoms with Crippen molar-refractivity contribution in [3.05, 3.63) is 64.9 Å². The molecule has 0 aliphatic carbocycles. The standard InChI is InChI=1S/C20H23ClN6/c1-15-8-9-17(21)14-19(15)26-12-10-25(11-13-26)16(2)20-22-23-24-27(20)18-6-4-3-5-7-18/h3-9,14,16H,10-13H2,1-2H3/t16-/m1/s1. The van der Waals surface area contributed by atoms with E-state index in [4.69, 9.17) is 11.6 Å². The summed E-state index contributed by atoms with van der Waals surface area (Å²) in [6.07, 6.45) is 0. The van der Waals surface area contributed by atoms with Crippen molar-refractivity contribution in [2.24, 2.45) is 0 Å². The first-order chi connectivity index (χ1) is 13.1. The highest BCUT2D eigenvalue weighted by Crippen LogP contribution is 2.27. The molecule has 1 aromatic heterocycles. The monoisotopic (exact) mass is 382 g/mol. The van der Waals surface area contributed by atoms with Gasteiger partial charge in [-0.15, -0.1) is 5.10 Å². The number of benzene rings is 2. The van der Waals surface area contributed by atoms with Crippen LogP contribution in [-0.2, 0) is 0 Å². The van der Waals surface area contributed by atoms with Gasteiger partial charge >= 0.3 is 0 Å². The molecule has 0 unspecified atom stereocenters. The van der Waals surface area contributed by atoms with E-state index in [9.17, 15) is 0 Å². The van der Waals surface area contributed by atoms with E-state index in [0.717, 1.165) is 42.7 Å². The van der Waals surface area contributed by atoms with E-state index < -0.39 is 0 Å². The third-order valence-corrected chi connectivity index (χ3v) is 5.48. The smallest absolute Gasteiger partial charge is 0.173 e. The number of halogens is 1. The van der Waals surface area contributed by atoms with Gasteiger partial charge in [0, 0.05) is 36.9 Å². The Balaban J connectivity index is 1.48. The van der Waals surface area contributed by atoms with Crippen LogP contribution >= 0.6 is 11.6 Å². The molecule has 3 aromatic rings. The van der Waals surface area contributed by atoms with Gasteiger partial charge in [-0.25, -0.2) is 0 Å². The van der Waals surface area contributed by atoms with Crippen LogP contribution in [0.5, 0.6) is 0 Å². The van der Waals surface area contributed by atoms with Crippen molar-refractivity contribution in [3.63, 3.8) is 0 Å². The molecule has 2 heterocycles. The molecule has 140 valence electrons. The fourth-order valence-corrected chi connectivity index (χ4v) is 3.81. The van der Waals surface area contributed by atoms with Gasteiger partial charge in [0.05, 0.1) is 11.7 Å². The molecule has 4 rings (SSSR count). The molecule has 1 saturated heterocycles. The van der Waals surface area contributed by atoms with Crippen LogP contribution in [0.2, 0.25) is 5.02 Å². The van der Waals surface area contributed by atoms with Crippen LogP contribution in [0, 0.1) is 6.92 Å². The topological polar surface area (TPSA) is 50.1 Å². The first-order valence-electron chi connectivity index (χ1n) is 9.22. The van der Waals surface area contributed by atoms with Crippen molar-refractivity contribution in [3.8, 4) is 5.69 Å². The Morgan fingerprint density at radius 3 is 2.48 bits per heavy atom. The molecule has 1 atom stereocenters. The maximum atomic E-state index is 6.20. The number of aromatic nitrogens is 4. The molecule has 6 nitrogen and oxygen atoms in total. The number of aryl methyl sites for hydroxylation is 1. The summed E-state index contributed by atoms with van der Waals surface area (Å²) >= 11 is 6.20. The van der Waals surface area contributed by atoms with E-state index in [2.05, 4.69) is 51.3 Å². The van der Waals surface area contributed by atoms with Crippen molar-refractivity contribution >= 4 is 17.3 Å². The summed E-state index contributed by atoms with van der Waals surface area (Å²) in [4.78, 5) is 4.84. The maximum absolute atomic E-state index is 6.20. The number of hydrogen-bond donors (Lipinski definition) is 0. The van der Waals surface area contributed by atoms with Crippen LogP contribution in [0.4, 0.5) is 5.69 Å². The molecule has 1 aliphatic heterocycles. The lowest BCUT2D eigenvalue weighted by molar-refractivity contribution is 0.189. The minimum absolute atomic E-state index is 0.141. The Labute approximate surface area is 164 Å². The predicted octanol–water partition coefficient (Wildman–Crippen LogP) is 3.51. The third-order valence-electron chi connectivity index (χ3n) is 5.24. The second-order valence-electron chi connectivity index (χ2n) is 6.91. The zero-order valence-electron chi connectivity index (χ0n) is 15.6. The average molecular weight is 383 g/mol. The third kappa shape index (κ3) is 3.68. The summed E-state index contributed by atoms with van der Waals surface area (Å²) < 4.78 is 1.83. The molecule has 0 spiro atoms. The van der Waals surface area contributed by atoms with Gasteiger partial charge in [-0.3, -0.25) is 4.90 Å². The zero-order chi connectivity index (χ0) is 18.8. The summed E-state index contributed by atoms with van der Waals surface area (Å²) in [5.41, 5.74) is 3.47. The molecule has 1 aliphatic rings. The number of hydrogen-bond acceptors (Lipinski definition) is 5. The molecule has 0 saturated carbocycles. The van der Waals surface area contributed by atoms with Gasteiger partial charge < -0.3 is 4.90 Å². The van der Waals surface area contributed by atoms with E-state index in [1.165, 1.54) is 11.3 Å². The second-order valence-corrected chi connectivity index (χ2v) is 7.35. The van der Waals surface area contributed by atoms with Gasteiger partial charge in [-0.2, -0.15) is 4.68 Å². The van der Waals surface area contributed by atoms with Crippen LogP contribution in [0.25, 0.3) is 5.69 Å².